The van der Waals surface area contributed by atoms with E-state index < -0.39 is 0 Å². The molecule has 0 amide bonds. The second-order valence-electron chi connectivity index (χ2n) is 8.43. The first-order valence-electron chi connectivity index (χ1n) is 10.0. The monoisotopic (exact) mass is 291 g/mol. The van der Waals surface area contributed by atoms with Crippen LogP contribution in [0.25, 0.3) is 0 Å². The Morgan fingerprint density at radius 1 is 1.00 bits per heavy atom. The van der Waals surface area contributed by atoms with Crippen molar-refractivity contribution in [1.82, 2.24) is 5.32 Å². The molecule has 1 heteroatoms. The smallest absolute Gasteiger partial charge is 0.00981 e. The van der Waals surface area contributed by atoms with Crippen molar-refractivity contribution in [1.29, 1.82) is 0 Å². The van der Waals surface area contributed by atoms with Gasteiger partial charge in [-0.2, -0.15) is 0 Å². The summed E-state index contributed by atoms with van der Waals surface area (Å²) in [6.45, 7) is 5.95. The molecule has 6 unspecified atom stereocenters. The number of fused-ring (bicyclic) bond motifs is 2. The van der Waals surface area contributed by atoms with Gasteiger partial charge < -0.3 is 5.32 Å². The Balaban J connectivity index is 1.57. The van der Waals surface area contributed by atoms with Crippen LogP contribution in [0.15, 0.2) is 0 Å². The first-order valence-corrected chi connectivity index (χ1v) is 10.0. The van der Waals surface area contributed by atoms with Gasteiger partial charge in [0.15, 0.2) is 0 Å². The largest absolute Gasteiger partial charge is 0.314 e. The lowest BCUT2D eigenvalue weighted by Gasteiger charge is -2.37. The van der Waals surface area contributed by atoms with Gasteiger partial charge in [-0.05, 0) is 81.1 Å². The lowest BCUT2D eigenvalue weighted by atomic mass is 9.73. The maximum absolute atomic E-state index is 3.97. The third kappa shape index (κ3) is 3.84. The first kappa shape index (κ1) is 15.8. The number of hydrogen-bond acceptors (Lipinski definition) is 1. The van der Waals surface area contributed by atoms with Gasteiger partial charge in [0.05, 0.1) is 0 Å². The highest BCUT2D eigenvalue weighted by Crippen LogP contribution is 2.50. The lowest BCUT2D eigenvalue weighted by Crippen LogP contribution is -2.41. The quantitative estimate of drug-likeness (QED) is 0.662. The highest BCUT2D eigenvalue weighted by molar-refractivity contribution is 4.93. The van der Waals surface area contributed by atoms with Gasteiger partial charge in [0.1, 0.15) is 0 Å². The number of hydrogen-bond donors (Lipinski definition) is 1. The summed E-state index contributed by atoms with van der Waals surface area (Å²) in [5.41, 5.74) is 0. The molecule has 0 radical (unpaired) electrons. The van der Waals surface area contributed by atoms with Crippen LogP contribution in [0.1, 0.15) is 84.5 Å². The predicted molar refractivity (Wildman–Crippen MR) is 91.4 cm³/mol. The Bertz CT molecular complexity index is 313. The molecule has 122 valence electrons. The summed E-state index contributed by atoms with van der Waals surface area (Å²) in [7, 11) is 0. The van der Waals surface area contributed by atoms with Crippen molar-refractivity contribution in [2.75, 3.05) is 6.54 Å². The van der Waals surface area contributed by atoms with Crippen LogP contribution >= 0.6 is 0 Å². The summed E-state index contributed by atoms with van der Waals surface area (Å²) in [4.78, 5) is 0. The number of rotatable bonds is 7. The molecule has 0 heterocycles. The van der Waals surface area contributed by atoms with Crippen molar-refractivity contribution in [3.63, 3.8) is 0 Å². The van der Waals surface area contributed by atoms with E-state index in [-0.39, 0.29) is 0 Å². The van der Waals surface area contributed by atoms with Gasteiger partial charge in [0.2, 0.25) is 0 Å². The highest BCUT2D eigenvalue weighted by atomic mass is 14.9. The third-order valence-electron chi connectivity index (χ3n) is 7.07. The van der Waals surface area contributed by atoms with E-state index in [9.17, 15) is 0 Å². The molecular weight excluding hydrogens is 254 g/mol. The Morgan fingerprint density at radius 3 is 2.57 bits per heavy atom. The first-order chi connectivity index (χ1) is 10.3. The van der Waals surface area contributed by atoms with E-state index in [1.54, 1.807) is 25.7 Å². The Morgan fingerprint density at radius 2 is 1.90 bits per heavy atom. The van der Waals surface area contributed by atoms with E-state index in [1.807, 2.05) is 0 Å². The lowest BCUT2D eigenvalue weighted by molar-refractivity contribution is 0.171. The average molecular weight is 292 g/mol. The minimum Gasteiger partial charge on any atom is -0.314 e. The van der Waals surface area contributed by atoms with E-state index in [2.05, 4.69) is 19.2 Å². The molecule has 1 nitrogen and oxygen atoms in total. The Kier molecular flexibility index (Phi) is 5.65. The van der Waals surface area contributed by atoms with Gasteiger partial charge in [-0.15, -0.1) is 0 Å². The maximum atomic E-state index is 3.97. The summed E-state index contributed by atoms with van der Waals surface area (Å²) >= 11 is 0. The van der Waals surface area contributed by atoms with Gasteiger partial charge >= 0.3 is 0 Å². The zero-order valence-electron chi connectivity index (χ0n) is 14.4. The molecule has 21 heavy (non-hydrogen) atoms. The predicted octanol–water partition coefficient (Wildman–Crippen LogP) is 5.40. The molecule has 3 saturated carbocycles. The molecule has 2 bridgehead atoms. The number of nitrogens with one attached hydrogen (secondary N) is 1. The zero-order chi connectivity index (χ0) is 14.7. The Labute approximate surface area is 132 Å². The van der Waals surface area contributed by atoms with Crippen LogP contribution in [0.5, 0.6) is 0 Å². The molecule has 3 aliphatic carbocycles. The van der Waals surface area contributed by atoms with Crippen molar-refractivity contribution in [3.05, 3.63) is 0 Å². The highest BCUT2D eigenvalue weighted by Gasteiger charge is 2.41. The molecule has 1 N–H and O–H groups in total. The summed E-state index contributed by atoms with van der Waals surface area (Å²) in [5, 5.41) is 3.97. The molecule has 0 spiro atoms. The second kappa shape index (κ2) is 7.49. The zero-order valence-corrected chi connectivity index (χ0v) is 14.4. The molecule has 0 aliphatic heterocycles. The van der Waals surface area contributed by atoms with Gasteiger partial charge in [-0.3, -0.25) is 0 Å². The van der Waals surface area contributed by atoms with Gasteiger partial charge in [0.25, 0.3) is 0 Å². The summed E-state index contributed by atoms with van der Waals surface area (Å²) < 4.78 is 0. The van der Waals surface area contributed by atoms with Crippen molar-refractivity contribution >= 4 is 0 Å². The van der Waals surface area contributed by atoms with Crippen LogP contribution in [-0.4, -0.2) is 12.6 Å². The van der Waals surface area contributed by atoms with Crippen molar-refractivity contribution in [3.8, 4) is 0 Å². The molecule has 6 atom stereocenters. The molecule has 3 rings (SSSR count). The normalized spacial score (nSPS) is 40.6. The third-order valence-corrected chi connectivity index (χ3v) is 7.07. The molecule has 3 fully saturated rings. The van der Waals surface area contributed by atoms with E-state index in [0.717, 1.165) is 35.6 Å². The maximum Gasteiger partial charge on any atom is 0.00981 e. The van der Waals surface area contributed by atoms with Crippen LogP contribution in [0.3, 0.4) is 0 Å². The van der Waals surface area contributed by atoms with E-state index >= 15 is 0 Å². The van der Waals surface area contributed by atoms with E-state index in [0.29, 0.717) is 0 Å². The van der Waals surface area contributed by atoms with Crippen LogP contribution < -0.4 is 5.32 Å². The van der Waals surface area contributed by atoms with Crippen LogP contribution in [0.4, 0.5) is 0 Å². The fourth-order valence-electron chi connectivity index (χ4n) is 5.83. The van der Waals surface area contributed by atoms with Crippen LogP contribution in [0, 0.1) is 29.6 Å². The molecular formula is C20H37N. The van der Waals surface area contributed by atoms with Crippen LogP contribution in [0.2, 0.25) is 0 Å². The SMILES string of the molecule is CCCNC(CC1CC2CCC1C2)C1CCCC(CC)C1. The second-order valence-corrected chi connectivity index (χ2v) is 8.43. The topological polar surface area (TPSA) is 12.0 Å². The van der Waals surface area contributed by atoms with Crippen molar-refractivity contribution in [2.45, 2.75) is 90.5 Å². The Hall–Kier alpha value is -0.0400. The summed E-state index contributed by atoms with van der Waals surface area (Å²) in [6, 6.07) is 0.837. The molecule has 3 aliphatic rings. The van der Waals surface area contributed by atoms with E-state index in [4.69, 9.17) is 0 Å². The van der Waals surface area contributed by atoms with Crippen LogP contribution in [-0.2, 0) is 0 Å². The molecule has 0 saturated heterocycles. The van der Waals surface area contributed by atoms with Gasteiger partial charge in [0, 0.05) is 6.04 Å². The minimum atomic E-state index is 0.837. The average Bonchev–Trinajstić information content (AvgIpc) is 3.14. The van der Waals surface area contributed by atoms with E-state index in [1.165, 1.54) is 51.5 Å². The summed E-state index contributed by atoms with van der Waals surface area (Å²) in [5.74, 6) is 5.29. The molecule has 0 aromatic heterocycles. The van der Waals surface area contributed by atoms with Crippen molar-refractivity contribution in [2.24, 2.45) is 29.6 Å². The standard InChI is InChI=1S/C20H37N/c1-3-10-21-20(18-7-5-6-15(4-2)11-18)14-19-13-16-8-9-17(19)12-16/h15-21H,3-14H2,1-2H3. The minimum absolute atomic E-state index is 0.837. The fraction of sp³-hybridized carbons (Fsp3) is 1.00. The van der Waals surface area contributed by atoms with Gasteiger partial charge in [-0.1, -0.05) is 39.5 Å². The fourth-order valence-corrected chi connectivity index (χ4v) is 5.83. The molecule has 0 aromatic carbocycles. The van der Waals surface area contributed by atoms with Crippen molar-refractivity contribution < 1.29 is 0 Å². The molecule has 0 aromatic rings. The summed E-state index contributed by atoms with van der Waals surface area (Å²) in [6.07, 6.45) is 16.5. The van der Waals surface area contributed by atoms with Gasteiger partial charge in [-0.25, -0.2) is 0 Å².